The van der Waals surface area contributed by atoms with Gasteiger partial charge in [0.1, 0.15) is 0 Å². The number of hydrogen-bond donors (Lipinski definition) is 0. The molecule has 0 atom stereocenters. The van der Waals surface area contributed by atoms with E-state index < -0.39 is 0 Å². The summed E-state index contributed by atoms with van der Waals surface area (Å²) in [6, 6.07) is 0. The highest BCUT2D eigenvalue weighted by Crippen LogP contribution is 2.25. The smallest absolute Gasteiger partial charge is 0.164 e. The maximum atomic E-state index is 5.86. The highest BCUT2D eigenvalue weighted by molar-refractivity contribution is 4.72. The molecule has 4 heteroatoms. The average Bonchev–Trinajstić information content (AvgIpc) is 2.52. The van der Waals surface area contributed by atoms with E-state index in [1.807, 2.05) is 0 Å². The molecule has 0 amide bonds. The van der Waals surface area contributed by atoms with Crippen LogP contribution in [0.25, 0.3) is 0 Å². The van der Waals surface area contributed by atoms with Crippen molar-refractivity contribution in [2.24, 2.45) is 11.8 Å². The van der Waals surface area contributed by atoms with Crippen molar-refractivity contribution in [2.45, 2.75) is 65.0 Å². The third-order valence-electron chi connectivity index (χ3n) is 4.13. The molecular weight excluding hydrogens is 256 g/mol. The maximum Gasteiger partial charge on any atom is 0.164 e. The van der Waals surface area contributed by atoms with E-state index in [0.29, 0.717) is 19.1 Å². The molecule has 0 aromatic heterocycles. The van der Waals surface area contributed by atoms with E-state index in [1.54, 1.807) is 0 Å². The number of unbranched alkanes of at least 4 members (excludes halogenated alkanes) is 2. The first-order valence-electron chi connectivity index (χ1n) is 8.29. The van der Waals surface area contributed by atoms with Gasteiger partial charge in [0, 0.05) is 5.92 Å². The van der Waals surface area contributed by atoms with Gasteiger partial charge >= 0.3 is 0 Å². The molecule has 2 aliphatic rings. The van der Waals surface area contributed by atoms with E-state index in [4.69, 9.17) is 18.9 Å². The van der Waals surface area contributed by atoms with Crippen LogP contribution in [-0.2, 0) is 18.9 Å². The Balaban J connectivity index is 1.63. The summed E-state index contributed by atoms with van der Waals surface area (Å²) in [4.78, 5) is 0. The first-order chi connectivity index (χ1) is 9.83. The van der Waals surface area contributed by atoms with Gasteiger partial charge in [0.2, 0.25) is 0 Å². The third kappa shape index (κ3) is 4.99. The maximum absolute atomic E-state index is 5.86. The predicted octanol–water partition coefficient (Wildman–Crippen LogP) is 3.35. The number of hydrogen-bond acceptors (Lipinski definition) is 4. The highest BCUT2D eigenvalue weighted by Gasteiger charge is 2.33. The fraction of sp³-hybridized carbons (Fsp3) is 1.00. The van der Waals surface area contributed by atoms with Gasteiger partial charge in [-0.1, -0.05) is 33.1 Å². The van der Waals surface area contributed by atoms with Crippen molar-refractivity contribution < 1.29 is 18.9 Å². The van der Waals surface area contributed by atoms with Crippen LogP contribution in [0.15, 0.2) is 0 Å². The molecule has 0 aromatic carbocycles. The summed E-state index contributed by atoms with van der Waals surface area (Å²) in [7, 11) is 0. The van der Waals surface area contributed by atoms with Gasteiger partial charge in [-0.25, -0.2) is 0 Å². The Morgan fingerprint density at radius 2 is 1.35 bits per heavy atom. The SMILES string of the molecule is CCCC[C@H]1CO[C@H]([C@H]2CO[C@H](CCCC)OC2)OC1. The Morgan fingerprint density at radius 3 is 1.95 bits per heavy atom. The molecule has 2 heterocycles. The zero-order valence-corrected chi connectivity index (χ0v) is 13.0. The molecular formula is C16H30O4. The van der Waals surface area contributed by atoms with Crippen LogP contribution in [0.3, 0.4) is 0 Å². The summed E-state index contributed by atoms with van der Waals surface area (Å²) in [5.41, 5.74) is 0. The largest absolute Gasteiger partial charge is 0.352 e. The Morgan fingerprint density at radius 1 is 0.750 bits per heavy atom. The molecule has 0 radical (unpaired) electrons. The minimum atomic E-state index is -0.139. The lowest BCUT2D eigenvalue weighted by atomic mass is 10.0. The first-order valence-corrected chi connectivity index (χ1v) is 8.29. The summed E-state index contributed by atoms with van der Waals surface area (Å²) < 4.78 is 23.2. The Labute approximate surface area is 123 Å². The molecule has 2 aliphatic heterocycles. The van der Waals surface area contributed by atoms with E-state index in [0.717, 1.165) is 26.1 Å². The fourth-order valence-corrected chi connectivity index (χ4v) is 2.74. The van der Waals surface area contributed by atoms with Crippen LogP contribution in [-0.4, -0.2) is 39.0 Å². The lowest BCUT2D eigenvalue weighted by Crippen LogP contribution is -2.44. The van der Waals surface area contributed by atoms with Crippen molar-refractivity contribution in [1.82, 2.24) is 0 Å². The van der Waals surface area contributed by atoms with Gasteiger partial charge in [0.15, 0.2) is 12.6 Å². The van der Waals surface area contributed by atoms with Gasteiger partial charge in [-0.05, 0) is 19.3 Å². The highest BCUT2D eigenvalue weighted by atomic mass is 16.7. The monoisotopic (exact) mass is 286 g/mol. The van der Waals surface area contributed by atoms with E-state index in [9.17, 15) is 0 Å². The van der Waals surface area contributed by atoms with E-state index in [-0.39, 0.29) is 18.5 Å². The molecule has 0 unspecified atom stereocenters. The molecule has 0 saturated carbocycles. The number of ether oxygens (including phenoxy) is 4. The number of rotatable bonds is 7. The summed E-state index contributed by atoms with van der Waals surface area (Å²) in [5, 5.41) is 0. The van der Waals surface area contributed by atoms with Crippen molar-refractivity contribution in [3.63, 3.8) is 0 Å². The van der Waals surface area contributed by atoms with Crippen molar-refractivity contribution in [3.05, 3.63) is 0 Å². The first kappa shape index (κ1) is 16.2. The Kier molecular flexibility index (Phi) is 7.28. The zero-order chi connectivity index (χ0) is 14.2. The molecule has 0 spiro atoms. The minimum absolute atomic E-state index is 0.0212. The van der Waals surface area contributed by atoms with E-state index in [2.05, 4.69) is 13.8 Å². The molecule has 0 N–H and O–H groups in total. The standard InChI is InChI=1S/C16H30O4/c1-3-5-7-13-9-19-16(20-10-13)14-11-17-15(18-12-14)8-6-4-2/h13-16H,3-12H2,1-2H3/t13-,14-,15-,16-. The van der Waals surface area contributed by atoms with Gasteiger partial charge in [-0.3, -0.25) is 0 Å². The summed E-state index contributed by atoms with van der Waals surface area (Å²) in [6.07, 6.45) is 6.88. The Bertz CT molecular complexity index is 217. The van der Waals surface area contributed by atoms with Crippen LogP contribution >= 0.6 is 0 Å². The summed E-state index contributed by atoms with van der Waals surface area (Å²) in [6.45, 7) is 7.43. The zero-order valence-electron chi connectivity index (χ0n) is 13.0. The molecule has 118 valence electrons. The second kappa shape index (κ2) is 8.98. The molecule has 4 nitrogen and oxygen atoms in total. The van der Waals surface area contributed by atoms with E-state index in [1.165, 1.54) is 25.7 Å². The fourth-order valence-electron chi connectivity index (χ4n) is 2.74. The lowest BCUT2D eigenvalue weighted by Gasteiger charge is -2.37. The normalized spacial score (nSPS) is 35.1. The van der Waals surface area contributed by atoms with Crippen molar-refractivity contribution in [1.29, 1.82) is 0 Å². The second-order valence-electron chi connectivity index (χ2n) is 6.04. The molecule has 0 aliphatic carbocycles. The minimum Gasteiger partial charge on any atom is -0.352 e. The summed E-state index contributed by atoms with van der Waals surface area (Å²) >= 11 is 0. The van der Waals surface area contributed by atoms with Crippen molar-refractivity contribution >= 4 is 0 Å². The van der Waals surface area contributed by atoms with Crippen LogP contribution in [0, 0.1) is 11.8 Å². The van der Waals surface area contributed by atoms with Gasteiger partial charge in [0.25, 0.3) is 0 Å². The van der Waals surface area contributed by atoms with Gasteiger partial charge in [-0.15, -0.1) is 0 Å². The van der Waals surface area contributed by atoms with Crippen LogP contribution in [0.4, 0.5) is 0 Å². The van der Waals surface area contributed by atoms with Gasteiger partial charge < -0.3 is 18.9 Å². The molecule has 2 rings (SSSR count). The van der Waals surface area contributed by atoms with Crippen LogP contribution in [0.2, 0.25) is 0 Å². The molecule has 20 heavy (non-hydrogen) atoms. The molecule has 2 saturated heterocycles. The topological polar surface area (TPSA) is 36.9 Å². The molecule has 0 bridgehead atoms. The van der Waals surface area contributed by atoms with Gasteiger partial charge in [-0.2, -0.15) is 0 Å². The van der Waals surface area contributed by atoms with E-state index >= 15 is 0 Å². The quantitative estimate of drug-likeness (QED) is 0.719. The van der Waals surface area contributed by atoms with Crippen LogP contribution in [0.1, 0.15) is 52.4 Å². The predicted molar refractivity (Wildman–Crippen MR) is 77.4 cm³/mol. The average molecular weight is 286 g/mol. The second-order valence-corrected chi connectivity index (χ2v) is 6.04. The van der Waals surface area contributed by atoms with Crippen molar-refractivity contribution in [3.8, 4) is 0 Å². The van der Waals surface area contributed by atoms with Crippen LogP contribution < -0.4 is 0 Å². The van der Waals surface area contributed by atoms with Gasteiger partial charge in [0.05, 0.1) is 32.3 Å². The third-order valence-corrected chi connectivity index (χ3v) is 4.13. The molecule has 2 fully saturated rings. The molecule has 0 aromatic rings. The van der Waals surface area contributed by atoms with Crippen LogP contribution in [0.5, 0.6) is 0 Å². The lowest BCUT2D eigenvalue weighted by molar-refractivity contribution is -0.281. The van der Waals surface area contributed by atoms with Crippen molar-refractivity contribution in [2.75, 3.05) is 26.4 Å². The summed E-state index contributed by atoms with van der Waals surface area (Å²) in [5.74, 6) is 0.786. The Hall–Kier alpha value is -0.160.